The average molecular weight is 238 g/mol. The zero-order valence-corrected chi connectivity index (χ0v) is 9.70. The summed E-state index contributed by atoms with van der Waals surface area (Å²) < 4.78 is 0. The molecule has 4 nitrogen and oxygen atoms in total. The molecule has 0 bridgehead atoms. The molecule has 16 heavy (non-hydrogen) atoms. The van der Waals surface area contributed by atoms with Crippen LogP contribution in [0.1, 0.15) is 12.8 Å². The number of hydrogen-bond donors (Lipinski definition) is 1. The fourth-order valence-corrected chi connectivity index (χ4v) is 3.01. The summed E-state index contributed by atoms with van der Waals surface area (Å²) in [6.07, 6.45) is 2.46. The molecule has 1 fully saturated rings. The molecule has 1 aliphatic rings. The van der Waals surface area contributed by atoms with E-state index >= 15 is 0 Å². The highest BCUT2D eigenvalue weighted by Crippen LogP contribution is 2.28. The first-order valence-electron chi connectivity index (χ1n) is 5.36. The number of anilines is 1. The van der Waals surface area contributed by atoms with Gasteiger partial charge >= 0.3 is 0 Å². The summed E-state index contributed by atoms with van der Waals surface area (Å²) in [5.74, 6) is 1.21. The molecule has 1 atom stereocenters. The minimum absolute atomic E-state index is 0.158. The Kier molecular flexibility index (Phi) is 3.66. The number of nitrogens with one attached hydrogen (secondary N) is 1. The number of rotatable bonds is 4. The monoisotopic (exact) mass is 238 g/mol. The molecule has 1 unspecified atom stereocenters. The first-order valence-corrected chi connectivity index (χ1v) is 6.41. The fourth-order valence-electron chi connectivity index (χ4n) is 1.81. The van der Waals surface area contributed by atoms with E-state index < -0.39 is 0 Å². The molecule has 0 amide bonds. The zero-order chi connectivity index (χ0) is 11.4. The van der Waals surface area contributed by atoms with E-state index in [2.05, 4.69) is 5.32 Å². The van der Waals surface area contributed by atoms with Crippen LogP contribution in [-0.2, 0) is 0 Å². The largest absolute Gasteiger partial charge is 0.378 e. The van der Waals surface area contributed by atoms with Crippen molar-refractivity contribution in [3.8, 4) is 0 Å². The van der Waals surface area contributed by atoms with E-state index in [0.717, 1.165) is 6.54 Å². The SMILES string of the molecule is O=[N+]([O-])c1ccccc1NCC1CCCS1. The smallest absolute Gasteiger partial charge is 0.292 e. The third kappa shape index (κ3) is 2.66. The molecule has 1 heterocycles. The molecule has 0 radical (unpaired) electrons. The Morgan fingerprint density at radius 2 is 2.31 bits per heavy atom. The maximum Gasteiger partial charge on any atom is 0.292 e. The van der Waals surface area contributed by atoms with Crippen LogP contribution >= 0.6 is 11.8 Å². The van der Waals surface area contributed by atoms with E-state index in [9.17, 15) is 10.1 Å². The summed E-state index contributed by atoms with van der Waals surface area (Å²) in [5, 5.41) is 14.5. The lowest BCUT2D eigenvalue weighted by Crippen LogP contribution is -2.14. The molecule has 2 rings (SSSR count). The van der Waals surface area contributed by atoms with Gasteiger partial charge in [-0.1, -0.05) is 12.1 Å². The third-order valence-electron chi connectivity index (χ3n) is 2.64. The van der Waals surface area contributed by atoms with Crippen molar-refractivity contribution < 1.29 is 4.92 Å². The Balaban J connectivity index is 2.00. The van der Waals surface area contributed by atoms with Crippen molar-refractivity contribution in [3.63, 3.8) is 0 Å². The highest BCUT2D eigenvalue weighted by molar-refractivity contribution is 8.00. The minimum atomic E-state index is -0.343. The second-order valence-electron chi connectivity index (χ2n) is 3.79. The van der Waals surface area contributed by atoms with Crippen LogP contribution in [-0.4, -0.2) is 22.5 Å². The van der Waals surface area contributed by atoms with E-state index in [1.807, 2.05) is 17.8 Å². The van der Waals surface area contributed by atoms with Gasteiger partial charge in [-0.25, -0.2) is 0 Å². The summed E-state index contributed by atoms with van der Waals surface area (Å²) in [6.45, 7) is 0.815. The first kappa shape index (κ1) is 11.3. The Bertz CT molecular complexity index is 378. The van der Waals surface area contributed by atoms with E-state index in [4.69, 9.17) is 0 Å². The van der Waals surface area contributed by atoms with Crippen molar-refractivity contribution in [2.75, 3.05) is 17.6 Å². The number of para-hydroxylation sites is 2. The summed E-state index contributed by atoms with van der Waals surface area (Å²) in [7, 11) is 0. The highest BCUT2D eigenvalue weighted by Gasteiger charge is 2.17. The minimum Gasteiger partial charge on any atom is -0.378 e. The normalized spacial score (nSPS) is 19.6. The van der Waals surface area contributed by atoms with E-state index in [1.54, 1.807) is 12.1 Å². The van der Waals surface area contributed by atoms with Crippen molar-refractivity contribution in [2.24, 2.45) is 0 Å². The van der Waals surface area contributed by atoms with Crippen molar-refractivity contribution in [1.82, 2.24) is 0 Å². The molecule has 0 aliphatic carbocycles. The molecule has 1 aromatic carbocycles. The van der Waals surface area contributed by atoms with Gasteiger partial charge in [-0.15, -0.1) is 0 Å². The van der Waals surface area contributed by atoms with Gasteiger partial charge in [0.2, 0.25) is 0 Å². The van der Waals surface area contributed by atoms with Gasteiger partial charge in [-0.2, -0.15) is 11.8 Å². The summed E-state index contributed by atoms with van der Waals surface area (Å²) >= 11 is 1.94. The molecule has 1 aliphatic heterocycles. The van der Waals surface area contributed by atoms with E-state index in [0.29, 0.717) is 10.9 Å². The van der Waals surface area contributed by atoms with Gasteiger partial charge in [-0.3, -0.25) is 10.1 Å². The summed E-state index contributed by atoms with van der Waals surface area (Å²) in [6, 6.07) is 6.80. The average Bonchev–Trinajstić information content (AvgIpc) is 2.79. The second kappa shape index (κ2) is 5.21. The zero-order valence-electron chi connectivity index (χ0n) is 8.89. The van der Waals surface area contributed by atoms with E-state index in [-0.39, 0.29) is 10.6 Å². The predicted octanol–water partition coefficient (Wildman–Crippen LogP) is 2.90. The van der Waals surface area contributed by atoms with Crippen molar-refractivity contribution in [3.05, 3.63) is 34.4 Å². The number of benzene rings is 1. The second-order valence-corrected chi connectivity index (χ2v) is 5.20. The molecular weight excluding hydrogens is 224 g/mol. The van der Waals surface area contributed by atoms with Crippen LogP contribution in [0.25, 0.3) is 0 Å². The van der Waals surface area contributed by atoms with Crippen LogP contribution in [0.5, 0.6) is 0 Å². The van der Waals surface area contributed by atoms with Crippen LogP contribution in [0.2, 0.25) is 0 Å². The van der Waals surface area contributed by atoms with Gasteiger partial charge in [0, 0.05) is 17.9 Å². The van der Waals surface area contributed by atoms with Gasteiger partial charge < -0.3 is 5.32 Å². The van der Waals surface area contributed by atoms with Crippen LogP contribution in [0.4, 0.5) is 11.4 Å². The van der Waals surface area contributed by atoms with Gasteiger partial charge in [0.25, 0.3) is 5.69 Å². The number of hydrogen-bond acceptors (Lipinski definition) is 4. The molecule has 5 heteroatoms. The summed E-state index contributed by atoms with van der Waals surface area (Å²) in [5.41, 5.74) is 0.783. The molecule has 0 spiro atoms. The van der Waals surface area contributed by atoms with E-state index in [1.165, 1.54) is 24.7 Å². The van der Waals surface area contributed by atoms with Gasteiger partial charge in [-0.05, 0) is 24.7 Å². The lowest BCUT2D eigenvalue weighted by Gasteiger charge is -2.11. The third-order valence-corrected chi connectivity index (χ3v) is 4.04. The Morgan fingerprint density at radius 3 is 3.00 bits per heavy atom. The van der Waals surface area contributed by atoms with Crippen LogP contribution in [0.15, 0.2) is 24.3 Å². The summed E-state index contributed by atoms with van der Waals surface area (Å²) in [4.78, 5) is 10.4. The molecule has 0 saturated carbocycles. The van der Waals surface area contributed by atoms with Crippen molar-refractivity contribution in [2.45, 2.75) is 18.1 Å². The molecule has 1 N–H and O–H groups in total. The molecular formula is C11H14N2O2S. The van der Waals surface area contributed by atoms with Crippen molar-refractivity contribution in [1.29, 1.82) is 0 Å². The number of nitrogens with zero attached hydrogens (tertiary/aromatic N) is 1. The Labute approximate surface area is 98.6 Å². The van der Waals surface area contributed by atoms with Crippen molar-refractivity contribution >= 4 is 23.1 Å². The van der Waals surface area contributed by atoms with Crippen LogP contribution in [0, 0.1) is 10.1 Å². The topological polar surface area (TPSA) is 55.2 Å². The molecule has 1 aromatic rings. The molecule has 86 valence electrons. The van der Waals surface area contributed by atoms with Gasteiger partial charge in [0.05, 0.1) is 4.92 Å². The maximum absolute atomic E-state index is 10.8. The highest BCUT2D eigenvalue weighted by atomic mass is 32.2. The maximum atomic E-state index is 10.8. The fraction of sp³-hybridized carbons (Fsp3) is 0.455. The number of thioether (sulfide) groups is 1. The molecule has 0 aromatic heterocycles. The first-order chi connectivity index (χ1) is 7.77. The molecule has 1 saturated heterocycles. The standard InChI is InChI=1S/C11H14N2O2S/c14-13(15)11-6-2-1-5-10(11)12-8-9-4-3-7-16-9/h1-2,5-6,9,12H,3-4,7-8H2. The quantitative estimate of drug-likeness (QED) is 0.647. The lowest BCUT2D eigenvalue weighted by molar-refractivity contribution is -0.384. The Morgan fingerprint density at radius 1 is 1.50 bits per heavy atom. The van der Waals surface area contributed by atoms with Gasteiger partial charge in [0.1, 0.15) is 5.69 Å². The van der Waals surface area contributed by atoms with Crippen LogP contribution in [0.3, 0.4) is 0 Å². The lowest BCUT2D eigenvalue weighted by atomic mass is 10.2. The van der Waals surface area contributed by atoms with Gasteiger partial charge in [0.15, 0.2) is 0 Å². The number of nitro groups is 1. The number of nitro benzene ring substituents is 1. The van der Waals surface area contributed by atoms with Crippen LogP contribution < -0.4 is 5.32 Å². The predicted molar refractivity (Wildman–Crippen MR) is 67.1 cm³/mol. The Hall–Kier alpha value is -1.23.